The lowest BCUT2D eigenvalue weighted by Gasteiger charge is -2.13. The van der Waals surface area contributed by atoms with E-state index in [-0.39, 0.29) is 0 Å². The van der Waals surface area contributed by atoms with Crippen LogP contribution in [0.25, 0.3) is 0 Å². The van der Waals surface area contributed by atoms with E-state index >= 15 is 0 Å². The summed E-state index contributed by atoms with van der Waals surface area (Å²) >= 11 is 0. The van der Waals surface area contributed by atoms with E-state index in [1.54, 1.807) is 0 Å². The number of nitriles is 1. The largest absolute Gasteiger partial charge is 0.302 e. The fourth-order valence-electron chi connectivity index (χ4n) is 1.88. The van der Waals surface area contributed by atoms with Crippen molar-refractivity contribution in [1.29, 1.82) is 5.26 Å². The van der Waals surface area contributed by atoms with Gasteiger partial charge in [-0.3, -0.25) is 0 Å². The molecule has 1 rings (SSSR count). The van der Waals surface area contributed by atoms with E-state index in [1.165, 1.54) is 32.1 Å². The van der Waals surface area contributed by atoms with Gasteiger partial charge >= 0.3 is 0 Å². The highest BCUT2D eigenvalue weighted by molar-refractivity contribution is 4.79. The molecule has 0 bridgehead atoms. The van der Waals surface area contributed by atoms with E-state index in [0.29, 0.717) is 12.6 Å². The molecule has 0 amide bonds. The molecule has 2 nitrogen and oxygen atoms in total. The molecule has 0 aromatic rings. The summed E-state index contributed by atoms with van der Waals surface area (Å²) < 4.78 is 0. The molecule has 1 aliphatic carbocycles. The Balaban J connectivity index is 2.22. The fourth-order valence-corrected chi connectivity index (χ4v) is 1.88. The molecule has 2 atom stereocenters. The Morgan fingerprint density at radius 1 is 1.33 bits per heavy atom. The smallest absolute Gasteiger partial charge is 0.0843 e. The number of rotatable bonds is 2. The van der Waals surface area contributed by atoms with E-state index in [4.69, 9.17) is 5.26 Å². The zero-order chi connectivity index (χ0) is 8.81. The Morgan fingerprint density at radius 2 is 2.17 bits per heavy atom. The van der Waals surface area contributed by atoms with E-state index in [2.05, 4.69) is 18.3 Å². The van der Waals surface area contributed by atoms with Gasteiger partial charge in [0.15, 0.2) is 0 Å². The summed E-state index contributed by atoms with van der Waals surface area (Å²) in [6.07, 6.45) is 6.52. The number of nitrogens with zero attached hydrogens (tertiary/aromatic N) is 1. The molecule has 1 saturated carbocycles. The van der Waals surface area contributed by atoms with Crippen molar-refractivity contribution in [1.82, 2.24) is 5.32 Å². The second kappa shape index (κ2) is 5.16. The van der Waals surface area contributed by atoms with Gasteiger partial charge in [-0.2, -0.15) is 5.26 Å². The number of nitrogens with one attached hydrogen (secondary N) is 1. The SMILES string of the molecule is CC1CCCC(NCC#N)CC1. The predicted octanol–water partition coefficient (Wildman–Crippen LogP) is 2.07. The van der Waals surface area contributed by atoms with Crippen LogP contribution in [0.1, 0.15) is 39.0 Å². The van der Waals surface area contributed by atoms with Crippen molar-refractivity contribution in [2.45, 2.75) is 45.1 Å². The first-order chi connectivity index (χ1) is 5.83. The van der Waals surface area contributed by atoms with Gasteiger partial charge in [-0.1, -0.05) is 19.8 Å². The van der Waals surface area contributed by atoms with E-state index in [9.17, 15) is 0 Å². The second-order valence-corrected chi connectivity index (χ2v) is 3.85. The van der Waals surface area contributed by atoms with Gasteiger partial charge in [0.2, 0.25) is 0 Å². The van der Waals surface area contributed by atoms with E-state index in [0.717, 1.165) is 5.92 Å². The van der Waals surface area contributed by atoms with Gasteiger partial charge < -0.3 is 5.32 Å². The van der Waals surface area contributed by atoms with Gasteiger partial charge in [-0.05, 0) is 25.2 Å². The lowest BCUT2D eigenvalue weighted by atomic mass is 10.0. The lowest BCUT2D eigenvalue weighted by Crippen LogP contribution is -2.28. The minimum atomic E-state index is 0.513. The molecule has 68 valence electrons. The second-order valence-electron chi connectivity index (χ2n) is 3.85. The van der Waals surface area contributed by atoms with Crippen LogP contribution in [0.5, 0.6) is 0 Å². The normalized spacial score (nSPS) is 30.7. The maximum absolute atomic E-state index is 8.41. The molecular weight excluding hydrogens is 148 g/mol. The van der Waals surface area contributed by atoms with Crippen LogP contribution >= 0.6 is 0 Å². The van der Waals surface area contributed by atoms with Crippen LogP contribution in [0.3, 0.4) is 0 Å². The summed E-state index contributed by atoms with van der Waals surface area (Å²) in [5.74, 6) is 0.888. The van der Waals surface area contributed by atoms with Crippen molar-refractivity contribution in [3.8, 4) is 6.07 Å². The van der Waals surface area contributed by atoms with E-state index in [1.807, 2.05) is 0 Å². The Labute approximate surface area is 75.0 Å². The highest BCUT2D eigenvalue weighted by Crippen LogP contribution is 2.22. The van der Waals surface area contributed by atoms with Crippen LogP contribution in [0.4, 0.5) is 0 Å². The first kappa shape index (κ1) is 9.54. The van der Waals surface area contributed by atoms with Crippen molar-refractivity contribution < 1.29 is 0 Å². The zero-order valence-electron chi connectivity index (χ0n) is 7.84. The van der Waals surface area contributed by atoms with Gasteiger partial charge in [0, 0.05) is 6.04 Å². The molecule has 0 aromatic carbocycles. The maximum atomic E-state index is 8.41. The molecule has 0 spiro atoms. The Morgan fingerprint density at radius 3 is 2.92 bits per heavy atom. The van der Waals surface area contributed by atoms with Gasteiger partial charge in [-0.15, -0.1) is 0 Å². The molecule has 0 heterocycles. The molecule has 2 unspecified atom stereocenters. The molecule has 0 saturated heterocycles. The standard InChI is InChI=1S/C10H18N2/c1-9-3-2-4-10(6-5-9)12-8-7-11/h9-10,12H,2-6,8H2,1H3. The molecule has 12 heavy (non-hydrogen) atoms. The first-order valence-corrected chi connectivity index (χ1v) is 4.93. The third-order valence-corrected chi connectivity index (χ3v) is 2.73. The first-order valence-electron chi connectivity index (χ1n) is 4.93. The molecule has 0 aliphatic heterocycles. The van der Waals surface area contributed by atoms with Crippen LogP contribution in [0, 0.1) is 17.2 Å². The summed E-state index contributed by atoms with van der Waals surface area (Å²) in [6, 6.07) is 2.74. The fraction of sp³-hybridized carbons (Fsp3) is 0.900. The molecule has 1 fully saturated rings. The van der Waals surface area contributed by atoms with Gasteiger partial charge in [-0.25, -0.2) is 0 Å². The minimum absolute atomic E-state index is 0.513. The maximum Gasteiger partial charge on any atom is 0.0843 e. The Kier molecular flexibility index (Phi) is 4.10. The predicted molar refractivity (Wildman–Crippen MR) is 49.7 cm³/mol. The van der Waals surface area contributed by atoms with Gasteiger partial charge in [0.05, 0.1) is 12.6 Å². The molecule has 2 heteroatoms. The van der Waals surface area contributed by atoms with Crippen LogP contribution in [0.15, 0.2) is 0 Å². The summed E-state index contributed by atoms with van der Waals surface area (Å²) in [5.41, 5.74) is 0. The molecule has 1 N–H and O–H groups in total. The molecular formula is C10H18N2. The van der Waals surface area contributed by atoms with Crippen LogP contribution in [-0.4, -0.2) is 12.6 Å². The molecule has 1 aliphatic rings. The quantitative estimate of drug-likeness (QED) is 0.503. The summed E-state index contributed by atoms with van der Waals surface area (Å²) in [6.45, 7) is 2.84. The van der Waals surface area contributed by atoms with E-state index < -0.39 is 0 Å². The highest BCUT2D eigenvalue weighted by atomic mass is 14.9. The van der Waals surface area contributed by atoms with Crippen LogP contribution in [0.2, 0.25) is 0 Å². The van der Waals surface area contributed by atoms with Crippen molar-refractivity contribution in [2.75, 3.05) is 6.54 Å². The third-order valence-electron chi connectivity index (χ3n) is 2.73. The van der Waals surface area contributed by atoms with Crippen molar-refractivity contribution >= 4 is 0 Å². The van der Waals surface area contributed by atoms with Crippen LogP contribution < -0.4 is 5.32 Å². The van der Waals surface area contributed by atoms with Gasteiger partial charge in [0.1, 0.15) is 0 Å². The Hall–Kier alpha value is -0.550. The summed E-state index contributed by atoms with van der Waals surface area (Å²) in [7, 11) is 0. The summed E-state index contributed by atoms with van der Waals surface area (Å²) in [5, 5.41) is 11.7. The average Bonchev–Trinajstić information content (AvgIpc) is 2.27. The monoisotopic (exact) mass is 166 g/mol. The third kappa shape index (κ3) is 3.23. The summed E-state index contributed by atoms with van der Waals surface area (Å²) in [4.78, 5) is 0. The molecule has 0 aromatic heterocycles. The van der Waals surface area contributed by atoms with Crippen LogP contribution in [-0.2, 0) is 0 Å². The zero-order valence-corrected chi connectivity index (χ0v) is 7.84. The molecule has 0 radical (unpaired) electrons. The van der Waals surface area contributed by atoms with Crippen molar-refractivity contribution in [3.63, 3.8) is 0 Å². The topological polar surface area (TPSA) is 35.8 Å². The lowest BCUT2D eigenvalue weighted by molar-refractivity contribution is 0.466. The minimum Gasteiger partial charge on any atom is -0.302 e. The van der Waals surface area contributed by atoms with Crippen molar-refractivity contribution in [2.24, 2.45) is 5.92 Å². The van der Waals surface area contributed by atoms with Crippen molar-refractivity contribution in [3.05, 3.63) is 0 Å². The Bertz CT molecular complexity index is 160. The number of hydrogen-bond donors (Lipinski definition) is 1. The number of hydrogen-bond acceptors (Lipinski definition) is 2. The average molecular weight is 166 g/mol. The van der Waals surface area contributed by atoms with Gasteiger partial charge in [0.25, 0.3) is 0 Å². The highest BCUT2D eigenvalue weighted by Gasteiger charge is 2.14.